The summed E-state index contributed by atoms with van der Waals surface area (Å²) in [4.78, 5) is 42.5. The number of fused-ring (bicyclic) bond motifs is 1. The van der Waals surface area contributed by atoms with E-state index in [1.807, 2.05) is 0 Å². The van der Waals surface area contributed by atoms with Crippen molar-refractivity contribution in [1.29, 1.82) is 0 Å². The Morgan fingerprint density at radius 1 is 0.971 bits per heavy atom. The molecule has 7 heteroatoms. The van der Waals surface area contributed by atoms with E-state index in [0.717, 1.165) is 31.8 Å². The summed E-state index contributed by atoms with van der Waals surface area (Å²) in [5.41, 5.74) is 1.97. The molecular weight excluding hydrogens is 442 g/mol. The molecule has 1 saturated heterocycles. The van der Waals surface area contributed by atoms with E-state index in [0.29, 0.717) is 28.0 Å². The zero-order valence-corrected chi connectivity index (χ0v) is 20.3. The van der Waals surface area contributed by atoms with E-state index in [4.69, 9.17) is 4.74 Å². The first kappa shape index (κ1) is 23.5. The van der Waals surface area contributed by atoms with Crippen LogP contribution in [0.5, 0.6) is 5.75 Å². The Kier molecular flexibility index (Phi) is 6.86. The third kappa shape index (κ3) is 4.96. The highest BCUT2D eigenvalue weighted by molar-refractivity contribution is 6.21. The first-order chi connectivity index (χ1) is 17.0. The third-order valence-corrected chi connectivity index (χ3v) is 7.64. The Morgan fingerprint density at radius 2 is 1.63 bits per heavy atom. The van der Waals surface area contributed by atoms with Crippen LogP contribution in [-0.2, 0) is 6.54 Å². The molecule has 2 aliphatic heterocycles. The van der Waals surface area contributed by atoms with E-state index in [1.54, 1.807) is 42.5 Å². The summed E-state index contributed by atoms with van der Waals surface area (Å²) < 4.78 is 5.45. The molecule has 2 heterocycles. The number of nitrogens with one attached hydrogen (secondary N) is 1. The van der Waals surface area contributed by atoms with Gasteiger partial charge in [-0.1, -0.05) is 31.0 Å². The van der Waals surface area contributed by atoms with Crippen LogP contribution in [0.4, 0.5) is 0 Å². The van der Waals surface area contributed by atoms with Gasteiger partial charge in [-0.15, -0.1) is 0 Å². The van der Waals surface area contributed by atoms with Crippen molar-refractivity contribution in [2.75, 3.05) is 26.7 Å². The fraction of sp³-hybridized carbons (Fsp3) is 0.464. The predicted molar refractivity (Wildman–Crippen MR) is 133 cm³/mol. The topological polar surface area (TPSA) is 78.9 Å². The molecule has 0 bridgehead atoms. The molecule has 0 radical (unpaired) electrons. The Morgan fingerprint density at radius 3 is 2.26 bits per heavy atom. The van der Waals surface area contributed by atoms with E-state index in [-0.39, 0.29) is 30.3 Å². The van der Waals surface area contributed by atoms with Gasteiger partial charge in [-0.3, -0.25) is 19.3 Å². The van der Waals surface area contributed by atoms with Crippen LogP contribution in [-0.4, -0.2) is 60.3 Å². The van der Waals surface area contributed by atoms with Crippen molar-refractivity contribution >= 4 is 17.7 Å². The van der Waals surface area contributed by atoms with Gasteiger partial charge >= 0.3 is 0 Å². The number of carbonyl (C=O) groups excluding carboxylic acids is 3. The standard InChI is InChI=1S/C28H33N3O4/c1-35-25-11-10-20(18-31-27(33)22-8-4-5-9-23(22)28(31)34)16-24(25)26(32)29-21-12-14-30(15-13-21)17-19-6-2-3-7-19/h4-5,8-11,16,19,21H,2-3,6-7,12-15,17-18H2,1H3,(H,29,32). The minimum absolute atomic E-state index is 0.107. The lowest BCUT2D eigenvalue weighted by Gasteiger charge is -2.34. The average molecular weight is 476 g/mol. The summed E-state index contributed by atoms with van der Waals surface area (Å²) in [6, 6.07) is 12.2. The van der Waals surface area contributed by atoms with Crippen molar-refractivity contribution in [3.8, 4) is 5.75 Å². The average Bonchev–Trinajstić information content (AvgIpc) is 3.48. The molecule has 184 valence electrons. The third-order valence-electron chi connectivity index (χ3n) is 7.64. The highest BCUT2D eigenvalue weighted by Crippen LogP contribution is 2.28. The number of imide groups is 1. The molecule has 1 aliphatic carbocycles. The molecule has 35 heavy (non-hydrogen) atoms. The summed E-state index contributed by atoms with van der Waals surface area (Å²) in [6.45, 7) is 3.32. The quantitative estimate of drug-likeness (QED) is 0.615. The monoisotopic (exact) mass is 475 g/mol. The molecule has 1 N–H and O–H groups in total. The van der Waals surface area contributed by atoms with Crippen LogP contribution in [0.25, 0.3) is 0 Å². The van der Waals surface area contributed by atoms with Crippen LogP contribution in [0.3, 0.4) is 0 Å². The molecule has 5 rings (SSSR count). The van der Waals surface area contributed by atoms with Crippen molar-refractivity contribution in [3.05, 3.63) is 64.7 Å². The first-order valence-electron chi connectivity index (χ1n) is 12.7. The van der Waals surface area contributed by atoms with Gasteiger partial charge < -0.3 is 15.0 Å². The van der Waals surface area contributed by atoms with Crippen LogP contribution < -0.4 is 10.1 Å². The van der Waals surface area contributed by atoms with E-state index < -0.39 is 0 Å². The number of nitrogens with zero attached hydrogens (tertiary/aromatic N) is 2. The second-order valence-electron chi connectivity index (χ2n) is 9.98. The van der Waals surface area contributed by atoms with Crippen LogP contribution in [0.2, 0.25) is 0 Å². The minimum Gasteiger partial charge on any atom is -0.496 e. The van der Waals surface area contributed by atoms with Gasteiger partial charge in [0.2, 0.25) is 0 Å². The molecule has 0 spiro atoms. The smallest absolute Gasteiger partial charge is 0.261 e. The predicted octanol–water partition coefficient (Wildman–Crippen LogP) is 3.88. The number of ether oxygens (including phenoxy) is 1. The molecule has 7 nitrogen and oxygen atoms in total. The maximum absolute atomic E-state index is 13.2. The maximum Gasteiger partial charge on any atom is 0.261 e. The zero-order valence-electron chi connectivity index (χ0n) is 20.3. The molecular formula is C28H33N3O4. The Balaban J connectivity index is 1.22. The molecule has 2 aromatic carbocycles. The highest BCUT2D eigenvalue weighted by atomic mass is 16.5. The number of rotatable bonds is 7. The number of piperidine rings is 1. The van der Waals surface area contributed by atoms with Gasteiger partial charge in [-0.05, 0) is 61.4 Å². The van der Waals surface area contributed by atoms with E-state index >= 15 is 0 Å². The van der Waals surface area contributed by atoms with Gasteiger partial charge in [0.15, 0.2) is 0 Å². The Hall–Kier alpha value is -3.19. The zero-order chi connectivity index (χ0) is 24.4. The molecule has 0 unspecified atom stereocenters. The molecule has 1 saturated carbocycles. The molecule has 0 atom stereocenters. The fourth-order valence-electron chi connectivity index (χ4n) is 5.68. The summed E-state index contributed by atoms with van der Waals surface area (Å²) >= 11 is 0. The van der Waals surface area contributed by atoms with Crippen molar-refractivity contribution in [1.82, 2.24) is 15.1 Å². The summed E-state index contributed by atoms with van der Waals surface area (Å²) in [7, 11) is 1.54. The van der Waals surface area contributed by atoms with Crippen LogP contribution >= 0.6 is 0 Å². The van der Waals surface area contributed by atoms with E-state index in [9.17, 15) is 14.4 Å². The van der Waals surface area contributed by atoms with Gasteiger partial charge in [0.1, 0.15) is 5.75 Å². The van der Waals surface area contributed by atoms with Gasteiger partial charge in [-0.2, -0.15) is 0 Å². The second-order valence-corrected chi connectivity index (χ2v) is 9.98. The molecule has 3 amide bonds. The largest absolute Gasteiger partial charge is 0.496 e. The highest BCUT2D eigenvalue weighted by Gasteiger charge is 2.35. The van der Waals surface area contributed by atoms with E-state index in [2.05, 4.69) is 10.2 Å². The van der Waals surface area contributed by atoms with Gasteiger partial charge in [0.25, 0.3) is 17.7 Å². The Bertz CT molecular complexity index is 1080. The summed E-state index contributed by atoms with van der Waals surface area (Å²) in [6.07, 6.45) is 7.32. The van der Waals surface area contributed by atoms with Gasteiger partial charge in [-0.25, -0.2) is 0 Å². The van der Waals surface area contributed by atoms with Crippen LogP contribution in [0, 0.1) is 5.92 Å². The molecule has 2 fully saturated rings. The van der Waals surface area contributed by atoms with E-state index in [1.165, 1.54) is 44.2 Å². The maximum atomic E-state index is 13.2. The number of hydrogen-bond acceptors (Lipinski definition) is 5. The minimum atomic E-state index is -0.309. The number of likely N-dealkylation sites (tertiary alicyclic amines) is 1. The lowest BCUT2D eigenvalue weighted by atomic mass is 10.0. The summed E-state index contributed by atoms with van der Waals surface area (Å²) in [5, 5.41) is 3.18. The SMILES string of the molecule is COc1ccc(CN2C(=O)c3ccccc3C2=O)cc1C(=O)NC1CCN(CC2CCCC2)CC1. The normalized spacial score (nSPS) is 19.3. The fourth-order valence-corrected chi connectivity index (χ4v) is 5.68. The molecule has 2 aromatic rings. The molecule has 3 aliphatic rings. The number of benzene rings is 2. The number of amides is 3. The number of carbonyl (C=O) groups is 3. The lowest BCUT2D eigenvalue weighted by Crippen LogP contribution is -2.45. The lowest BCUT2D eigenvalue weighted by molar-refractivity contribution is 0.0642. The molecule has 0 aromatic heterocycles. The number of hydrogen-bond donors (Lipinski definition) is 1. The van der Waals surface area contributed by atoms with Gasteiger partial charge in [0, 0.05) is 25.7 Å². The second kappa shape index (κ2) is 10.2. The van der Waals surface area contributed by atoms with Crippen molar-refractivity contribution in [2.24, 2.45) is 5.92 Å². The number of methoxy groups -OCH3 is 1. The Labute approximate surface area is 206 Å². The first-order valence-corrected chi connectivity index (χ1v) is 12.7. The van der Waals surface area contributed by atoms with Crippen molar-refractivity contribution in [3.63, 3.8) is 0 Å². The van der Waals surface area contributed by atoms with Crippen molar-refractivity contribution in [2.45, 2.75) is 51.1 Å². The van der Waals surface area contributed by atoms with Gasteiger partial charge in [0.05, 0.1) is 30.3 Å². The summed E-state index contributed by atoms with van der Waals surface area (Å²) in [5.74, 6) is 0.524. The van der Waals surface area contributed by atoms with Crippen LogP contribution in [0.15, 0.2) is 42.5 Å². The van der Waals surface area contributed by atoms with Crippen LogP contribution in [0.1, 0.15) is 75.2 Å². The van der Waals surface area contributed by atoms with Crippen molar-refractivity contribution < 1.29 is 19.1 Å².